The smallest absolute Gasteiger partial charge is 0.267 e. The Morgan fingerprint density at radius 3 is 2.68 bits per heavy atom. The standard InChI is InChI=1S/C23H20FN3O2S2/c1-14(28)25-10-2-3-15-4-6-16(7-5-15)19-13-30-23(26-19)27-22(29)21-12-17-11-18(24)8-9-20(17)31-21/h4-9,11-13H,2-3,10H2,1H3,(H,25,28)(H,26,27,29). The maximum Gasteiger partial charge on any atom is 0.267 e. The number of nitrogens with zero attached hydrogens (tertiary/aromatic N) is 1. The molecule has 0 aliphatic rings. The highest BCUT2D eigenvalue weighted by Gasteiger charge is 2.13. The molecule has 31 heavy (non-hydrogen) atoms. The first kappa shape index (κ1) is 21.1. The van der Waals surface area contributed by atoms with E-state index >= 15 is 0 Å². The van der Waals surface area contributed by atoms with Crippen molar-refractivity contribution in [3.05, 3.63) is 70.2 Å². The van der Waals surface area contributed by atoms with Gasteiger partial charge in [-0.3, -0.25) is 14.9 Å². The van der Waals surface area contributed by atoms with Crippen molar-refractivity contribution in [2.75, 3.05) is 11.9 Å². The van der Waals surface area contributed by atoms with Gasteiger partial charge >= 0.3 is 0 Å². The topological polar surface area (TPSA) is 71.1 Å². The van der Waals surface area contributed by atoms with Crippen LogP contribution in [0.3, 0.4) is 0 Å². The van der Waals surface area contributed by atoms with E-state index in [2.05, 4.69) is 27.8 Å². The fourth-order valence-corrected chi connectivity index (χ4v) is 4.80. The average molecular weight is 454 g/mol. The van der Waals surface area contributed by atoms with Gasteiger partial charge in [0.2, 0.25) is 5.91 Å². The fourth-order valence-electron chi connectivity index (χ4n) is 3.15. The van der Waals surface area contributed by atoms with Crippen molar-refractivity contribution < 1.29 is 14.0 Å². The van der Waals surface area contributed by atoms with Crippen molar-refractivity contribution in [1.82, 2.24) is 10.3 Å². The highest BCUT2D eigenvalue weighted by atomic mass is 32.1. The minimum absolute atomic E-state index is 0.0111. The summed E-state index contributed by atoms with van der Waals surface area (Å²) in [5.41, 5.74) is 2.96. The van der Waals surface area contributed by atoms with Crippen LogP contribution < -0.4 is 10.6 Å². The molecule has 2 heterocycles. The molecule has 4 aromatic rings. The van der Waals surface area contributed by atoms with Gasteiger partial charge in [-0.25, -0.2) is 9.37 Å². The number of carbonyl (C=O) groups excluding carboxylic acids is 2. The molecule has 0 aliphatic heterocycles. The van der Waals surface area contributed by atoms with Crippen LogP contribution in [0.2, 0.25) is 0 Å². The van der Waals surface area contributed by atoms with Crippen LogP contribution in [0, 0.1) is 5.82 Å². The quantitative estimate of drug-likeness (QED) is 0.364. The molecule has 2 amide bonds. The van der Waals surface area contributed by atoms with Crippen LogP contribution in [0.1, 0.15) is 28.6 Å². The summed E-state index contributed by atoms with van der Waals surface area (Å²) in [7, 11) is 0. The summed E-state index contributed by atoms with van der Waals surface area (Å²) >= 11 is 2.68. The van der Waals surface area contributed by atoms with E-state index in [1.165, 1.54) is 47.3 Å². The zero-order valence-corrected chi connectivity index (χ0v) is 18.4. The molecule has 2 N–H and O–H groups in total. The monoisotopic (exact) mass is 453 g/mol. The molecule has 0 atom stereocenters. The van der Waals surface area contributed by atoms with Crippen molar-refractivity contribution in [2.24, 2.45) is 0 Å². The molecule has 5 nitrogen and oxygen atoms in total. The normalized spacial score (nSPS) is 10.9. The summed E-state index contributed by atoms with van der Waals surface area (Å²) in [4.78, 5) is 28.5. The molecule has 4 rings (SSSR count). The van der Waals surface area contributed by atoms with Gasteiger partial charge < -0.3 is 5.32 Å². The number of fused-ring (bicyclic) bond motifs is 1. The van der Waals surface area contributed by atoms with E-state index in [1.54, 1.807) is 12.1 Å². The number of aromatic nitrogens is 1. The Hall–Kier alpha value is -3.10. The van der Waals surface area contributed by atoms with E-state index in [9.17, 15) is 14.0 Å². The fraction of sp³-hybridized carbons (Fsp3) is 0.174. The van der Waals surface area contributed by atoms with Crippen LogP contribution >= 0.6 is 22.7 Å². The minimum atomic E-state index is -0.319. The first-order valence-electron chi connectivity index (χ1n) is 9.78. The molecule has 2 aromatic carbocycles. The molecule has 0 fully saturated rings. The number of hydrogen-bond acceptors (Lipinski definition) is 5. The number of rotatable bonds is 7. The summed E-state index contributed by atoms with van der Waals surface area (Å²) in [5, 5.41) is 8.76. The van der Waals surface area contributed by atoms with Crippen molar-refractivity contribution in [1.29, 1.82) is 0 Å². The molecule has 8 heteroatoms. The highest BCUT2D eigenvalue weighted by Crippen LogP contribution is 2.29. The molecule has 0 saturated heterocycles. The van der Waals surface area contributed by atoms with Gasteiger partial charge in [0.25, 0.3) is 5.91 Å². The van der Waals surface area contributed by atoms with Crippen LogP contribution in [-0.2, 0) is 11.2 Å². The summed E-state index contributed by atoms with van der Waals surface area (Å²) < 4.78 is 14.2. The van der Waals surface area contributed by atoms with Crippen molar-refractivity contribution in [3.8, 4) is 11.3 Å². The number of hydrogen-bond donors (Lipinski definition) is 2. The highest BCUT2D eigenvalue weighted by molar-refractivity contribution is 7.21. The average Bonchev–Trinajstić information content (AvgIpc) is 3.38. The number of amides is 2. The lowest BCUT2D eigenvalue weighted by Gasteiger charge is -2.04. The van der Waals surface area contributed by atoms with Gasteiger partial charge in [-0.15, -0.1) is 22.7 Å². The van der Waals surface area contributed by atoms with Gasteiger partial charge in [0.15, 0.2) is 5.13 Å². The van der Waals surface area contributed by atoms with E-state index in [0.717, 1.165) is 28.8 Å². The summed E-state index contributed by atoms with van der Waals surface area (Å²) in [6.07, 6.45) is 1.77. The molecule has 0 unspecified atom stereocenters. The third kappa shape index (κ3) is 5.34. The third-order valence-corrected chi connectivity index (χ3v) is 6.57. The second-order valence-electron chi connectivity index (χ2n) is 7.07. The Kier molecular flexibility index (Phi) is 6.39. The number of thiazole rings is 1. The largest absolute Gasteiger partial charge is 0.356 e. The van der Waals surface area contributed by atoms with Gasteiger partial charge in [-0.05, 0) is 48.1 Å². The van der Waals surface area contributed by atoms with Crippen LogP contribution in [-0.4, -0.2) is 23.3 Å². The molecular formula is C23H20FN3O2S2. The third-order valence-electron chi connectivity index (χ3n) is 4.69. The Morgan fingerprint density at radius 1 is 1.10 bits per heavy atom. The lowest BCUT2D eigenvalue weighted by molar-refractivity contribution is -0.118. The molecule has 0 aliphatic carbocycles. The molecule has 2 aromatic heterocycles. The first-order chi connectivity index (χ1) is 15.0. The number of thiophene rings is 1. The Balaban J connectivity index is 1.38. The zero-order chi connectivity index (χ0) is 21.8. The van der Waals surface area contributed by atoms with Crippen LogP contribution in [0.15, 0.2) is 53.9 Å². The summed E-state index contributed by atoms with van der Waals surface area (Å²) in [5.74, 6) is -0.583. The number of anilines is 1. The number of aryl methyl sites for hydroxylation is 1. The predicted octanol–water partition coefficient (Wildman–Crippen LogP) is 5.48. The van der Waals surface area contributed by atoms with E-state index in [-0.39, 0.29) is 17.6 Å². The van der Waals surface area contributed by atoms with E-state index < -0.39 is 0 Å². The number of halogens is 1. The lowest BCUT2D eigenvalue weighted by atomic mass is 10.1. The zero-order valence-electron chi connectivity index (χ0n) is 16.8. The number of benzene rings is 2. The van der Waals surface area contributed by atoms with Crippen LogP contribution in [0.4, 0.5) is 9.52 Å². The van der Waals surface area contributed by atoms with Crippen molar-refractivity contribution in [2.45, 2.75) is 19.8 Å². The number of nitrogens with one attached hydrogen (secondary N) is 2. The number of carbonyl (C=O) groups is 2. The van der Waals surface area contributed by atoms with E-state index in [4.69, 9.17) is 0 Å². The molecule has 0 radical (unpaired) electrons. The second kappa shape index (κ2) is 9.36. The molecule has 0 bridgehead atoms. The maximum atomic E-state index is 13.4. The van der Waals surface area contributed by atoms with Gasteiger partial charge in [-0.1, -0.05) is 24.3 Å². The van der Waals surface area contributed by atoms with Crippen molar-refractivity contribution >= 4 is 49.7 Å². The minimum Gasteiger partial charge on any atom is -0.356 e. The molecule has 158 valence electrons. The summed E-state index contributed by atoms with van der Waals surface area (Å²) in [6, 6.07) is 14.3. The molecular weight excluding hydrogens is 433 g/mol. The van der Waals surface area contributed by atoms with Gasteiger partial charge in [0, 0.05) is 29.1 Å². The predicted molar refractivity (Wildman–Crippen MR) is 124 cm³/mol. The van der Waals surface area contributed by atoms with Crippen LogP contribution in [0.25, 0.3) is 21.3 Å². The van der Waals surface area contributed by atoms with Gasteiger partial charge in [0.1, 0.15) is 5.82 Å². The van der Waals surface area contributed by atoms with Crippen LogP contribution in [0.5, 0.6) is 0 Å². The first-order valence-corrected chi connectivity index (χ1v) is 11.5. The lowest BCUT2D eigenvalue weighted by Crippen LogP contribution is -2.21. The second-order valence-corrected chi connectivity index (χ2v) is 9.01. The Morgan fingerprint density at radius 2 is 1.90 bits per heavy atom. The van der Waals surface area contributed by atoms with Gasteiger partial charge in [0.05, 0.1) is 10.6 Å². The van der Waals surface area contributed by atoms with E-state index in [1.807, 2.05) is 17.5 Å². The molecule has 0 spiro atoms. The molecule has 0 saturated carbocycles. The Labute approximate surface area is 187 Å². The Bertz CT molecular complexity index is 1230. The summed E-state index contributed by atoms with van der Waals surface area (Å²) in [6.45, 7) is 2.18. The van der Waals surface area contributed by atoms with E-state index in [0.29, 0.717) is 21.9 Å². The van der Waals surface area contributed by atoms with Gasteiger partial charge in [-0.2, -0.15) is 0 Å². The maximum absolute atomic E-state index is 13.4. The van der Waals surface area contributed by atoms with Crippen molar-refractivity contribution in [3.63, 3.8) is 0 Å². The SMILES string of the molecule is CC(=O)NCCCc1ccc(-c2csc(NC(=O)c3cc4cc(F)ccc4s3)n2)cc1.